The quantitative estimate of drug-likeness (QED) is 0.335. The van der Waals surface area contributed by atoms with E-state index in [-0.39, 0.29) is 12.4 Å². The molecule has 0 radical (unpaired) electrons. The van der Waals surface area contributed by atoms with Crippen molar-refractivity contribution in [3.8, 4) is 0 Å². The number of hydrogen-bond donors (Lipinski definition) is 0. The molecule has 0 amide bonds. The number of halogens is 2. The molecule has 3 heteroatoms. The molecule has 0 saturated heterocycles. The number of nitrogens with zero attached hydrogens (tertiary/aromatic N) is 1. The molecule has 0 heterocycles. The smallest absolute Gasteiger partial charge is 0.247 e. The lowest BCUT2D eigenvalue weighted by Crippen LogP contribution is -3.00. The Morgan fingerprint density at radius 3 is 1.67 bits per heavy atom. The summed E-state index contributed by atoms with van der Waals surface area (Å²) in [7, 11) is 3.89. The number of rotatable bonds is 1. The van der Waals surface area contributed by atoms with E-state index in [0.717, 1.165) is 5.17 Å². The van der Waals surface area contributed by atoms with Crippen molar-refractivity contribution in [2.45, 2.75) is 13.8 Å². The van der Waals surface area contributed by atoms with Crippen molar-refractivity contribution in [3.05, 3.63) is 0 Å². The van der Waals surface area contributed by atoms with Crippen molar-refractivity contribution in [2.24, 2.45) is 5.92 Å². The lowest BCUT2D eigenvalue weighted by Gasteiger charge is -1.96. The van der Waals surface area contributed by atoms with Gasteiger partial charge in [0, 0.05) is 5.92 Å². The van der Waals surface area contributed by atoms with E-state index in [1.165, 1.54) is 0 Å². The number of hydrogen-bond acceptors (Lipinski definition) is 0. The molecule has 0 aromatic carbocycles. The van der Waals surface area contributed by atoms with Gasteiger partial charge in [0.1, 0.15) is 14.1 Å². The van der Waals surface area contributed by atoms with Crippen LogP contribution in [0.1, 0.15) is 13.8 Å². The van der Waals surface area contributed by atoms with Crippen LogP contribution in [0.2, 0.25) is 0 Å². The second kappa shape index (κ2) is 5.07. The fraction of sp³-hybridized carbons (Fsp3) is 0.833. The summed E-state index contributed by atoms with van der Waals surface area (Å²) < 4.78 is 1.92. The minimum atomic E-state index is 0. The van der Waals surface area contributed by atoms with E-state index >= 15 is 0 Å². The van der Waals surface area contributed by atoms with Crippen molar-refractivity contribution >= 4 is 16.8 Å². The molecule has 0 rings (SSSR count). The fourth-order valence-corrected chi connectivity index (χ4v) is 0.516. The Balaban J connectivity index is 0. The van der Waals surface area contributed by atoms with Crippen LogP contribution < -0.4 is 12.4 Å². The average Bonchev–Trinajstić information content (AvgIpc) is 1.64. The van der Waals surface area contributed by atoms with E-state index in [0.29, 0.717) is 5.92 Å². The molecule has 0 aliphatic carbocycles. The predicted molar refractivity (Wildman–Crippen MR) is 37.8 cm³/mol. The molecule has 0 N–H and O–H groups in total. The van der Waals surface area contributed by atoms with Crippen LogP contribution in [0.4, 0.5) is 0 Å². The van der Waals surface area contributed by atoms with Crippen LogP contribution in [-0.4, -0.2) is 23.8 Å². The van der Waals surface area contributed by atoms with Crippen molar-refractivity contribution in [3.63, 3.8) is 0 Å². The molecule has 0 aromatic heterocycles. The fourth-order valence-electron chi connectivity index (χ4n) is 0.516. The van der Waals surface area contributed by atoms with Gasteiger partial charge >= 0.3 is 0 Å². The summed E-state index contributed by atoms with van der Waals surface area (Å²) in [4.78, 5) is 0. The van der Waals surface area contributed by atoms with Gasteiger partial charge in [-0.3, -0.25) is 0 Å². The normalized spacial score (nSPS) is 8.67. The van der Waals surface area contributed by atoms with Gasteiger partial charge in [0.2, 0.25) is 5.17 Å². The lowest BCUT2D eigenvalue weighted by atomic mass is 10.2. The summed E-state index contributed by atoms with van der Waals surface area (Å²) in [6.07, 6.45) is 0. The SMILES string of the molecule is CC(C)C(Cl)=[N+](C)C.[Cl-]. The maximum Gasteiger partial charge on any atom is 0.247 e. The van der Waals surface area contributed by atoms with Gasteiger partial charge in [0.05, 0.1) is 0 Å². The second-order valence-corrected chi connectivity index (χ2v) is 2.76. The average molecular weight is 170 g/mol. The highest BCUT2D eigenvalue weighted by molar-refractivity contribution is 6.64. The summed E-state index contributed by atoms with van der Waals surface area (Å²) in [6.45, 7) is 4.14. The summed E-state index contributed by atoms with van der Waals surface area (Å²) >= 11 is 5.79. The predicted octanol–water partition coefficient (Wildman–Crippen LogP) is -1.44. The third-order valence-corrected chi connectivity index (χ3v) is 1.68. The Bertz CT molecular complexity index is 104. The van der Waals surface area contributed by atoms with E-state index in [1.807, 2.05) is 18.7 Å². The molecule has 0 aliphatic heterocycles. The van der Waals surface area contributed by atoms with Crippen molar-refractivity contribution < 1.29 is 17.0 Å². The highest BCUT2D eigenvalue weighted by Crippen LogP contribution is 1.98. The van der Waals surface area contributed by atoms with Gasteiger partial charge < -0.3 is 12.4 Å². The third-order valence-electron chi connectivity index (χ3n) is 0.904. The minimum Gasteiger partial charge on any atom is -1.00 e. The molecule has 1 nitrogen and oxygen atoms in total. The van der Waals surface area contributed by atoms with Crippen LogP contribution in [0.15, 0.2) is 0 Å². The topological polar surface area (TPSA) is 3.01 Å². The molecule has 9 heavy (non-hydrogen) atoms. The first-order valence-corrected chi connectivity index (χ1v) is 3.13. The molecule has 0 aromatic rings. The molecule has 0 unspecified atom stereocenters. The van der Waals surface area contributed by atoms with Gasteiger partial charge in [-0.1, -0.05) is 13.8 Å². The first kappa shape index (κ1) is 12.0. The highest BCUT2D eigenvalue weighted by atomic mass is 35.5. The van der Waals surface area contributed by atoms with Crippen molar-refractivity contribution in [1.82, 2.24) is 0 Å². The van der Waals surface area contributed by atoms with Gasteiger partial charge in [-0.25, -0.2) is 4.58 Å². The standard InChI is InChI=1S/C6H13ClN.ClH/c1-5(2)6(7)8(3)4;/h5H,1-4H3;1H/q+1;/p-1. The Morgan fingerprint density at radius 2 is 1.67 bits per heavy atom. The molecular formula is C6H13Cl2N. The highest BCUT2D eigenvalue weighted by Gasteiger charge is 2.07. The van der Waals surface area contributed by atoms with E-state index in [1.54, 1.807) is 0 Å². The van der Waals surface area contributed by atoms with Crippen LogP contribution in [0.3, 0.4) is 0 Å². The first-order chi connectivity index (χ1) is 3.55. The van der Waals surface area contributed by atoms with Gasteiger partial charge in [-0.05, 0) is 11.6 Å². The van der Waals surface area contributed by atoms with Crippen LogP contribution >= 0.6 is 11.6 Å². The summed E-state index contributed by atoms with van der Waals surface area (Å²) in [6, 6.07) is 0. The van der Waals surface area contributed by atoms with E-state index < -0.39 is 0 Å². The van der Waals surface area contributed by atoms with Gasteiger partial charge in [-0.2, -0.15) is 0 Å². The van der Waals surface area contributed by atoms with Gasteiger partial charge in [-0.15, -0.1) is 0 Å². The van der Waals surface area contributed by atoms with Gasteiger partial charge in [0.25, 0.3) is 0 Å². The Labute approximate surface area is 68.1 Å². The molecule has 0 fully saturated rings. The largest absolute Gasteiger partial charge is 1.00 e. The molecule has 0 bridgehead atoms. The molecule has 0 spiro atoms. The zero-order valence-electron chi connectivity index (χ0n) is 6.28. The van der Waals surface area contributed by atoms with E-state index in [2.05, 4.69) is 13.8 Å². The summed E-state index contributed by atoms with van der Waals surface area (Å²) in [5.74, 6) is 0.451. The third kappa shape index (κ3) is 4.73. The molecule has 56 valence electrons. The zero-order valence-corrected chi connectivity index (χ0v) is 7.79. The summed E-state index contributed by atoms with van der Waals surface area (Å²) in [5, 5.41) is 0.907. The summed E-state index contributed by atoms with van der Waals surface area (Å²) in [5.41, 5.74) is 0. The van der Waals surface area contributed by atoms with Crippen LogP contribution in [-0.2, 0) is 0 Å². The Kier molecular flexibility index (Phi) is 6.74. The van der Waals surface area contributed by atoms with Crippen molar-refractivity contribution in [2.75, 3.05) is 14.1 Å². The van der Waals surface area contributed by atoms with Gasteiger partial charge in [0.15, 0.2) is 0 Å². The Hall–Kier alpha value is 0.250. The second-order valence-electron chi connectivity index (χ2n) is 2.37. The van der Waals surface area contributed by atoms with Crippen LogP contribution in [0.5, 0.6) is 0 Å². The zero-order chi connectivity index (χ0) is 6.73. The monoisotopic (exact) mass is 169 g/mol. The minimum absolute atomic E-state index is 0. The lowest BCUT2D eigenvalue weighted by molar-refractivity contribution is -0.464. The van der Waals surface area contributed by atoms with E-state index in [9.17, 15) is 0 Å². The van der Waals surface area contributed by atoms with E-state index in [4.69, 9.17) is 11.6 Å². The van der Waals surface area contributed by atoms with Crippen LogP contribution in [0.25, 0.3) is 0 Å². The van der Waals surface area contributed by atoms with Crippen molar-refractivity contribution in [1.29, 1.82) is 0 Å². The Morgan fingerprint density at radius 1 is 1.33 bits per heavy atom. The molecule has 0 atom stereocenters. The van der Waals surface area contributed by atoms with Crippen LogP contribution in [0, 0.1) is 5.92 Å². The molecular weight excluding hydrogens is 157 g/mol. The first-order valence-electron chi connectivity index (χ1n) is 2.75. The maximum absolute atomic E-state index is 5.79. The maximum atomic E-state index is 5.79. The molecule has 0 saturated carbocycles. The molecule has 0 aliphatic rings.